The number of rotatable bonds is 12. The van der Waals surface area contributed by atoms with E-state index in [0.29, 0.717) is 58.5 Å². The first-order chi connectivity index (χ1) is 20.0. The van der Waals surface area contributed by atoms with Gasteiger partial charge in [-0.1, -0.05) is 0 Å². The highest BCUT2D eigenvalue weighted by atomic mass is 16.5. The molecule has 0 amide bonds. The Morgan fingerprint density at radius 3 is 1.17 bits per heavy atom. The SMILES string of the molecule is N#Cc1ccc(C(=O)Oc2ccc(OCCCCCOc3ccc(OC(=O)c4ccc(C#N)cc4)cc3)cc2)cc1. The van der Waals surface area contributed by atoms with E-state index in [0.717, 1.165) is 19.3 Å². The van der Waals surface area contributed by atoms with Crippen LogP contribution < -0.4 is 18.9 Å². The number of nitriles is 2. The molecule has 0 heterocycles. The van der Waals surface area contributed by atoms with Gasteiger partial charge in [0, 0.05) is 0 Å². The quantitative estimate of drug-likeness (QED) is 0.112. The first-order valence-electron chi connectivity index (χ1n) is 12.9. The molecular weight excluding hydrogens is 520 g/mol. The minimum atomic E-state index is -0.496. The number of hydrogen-bond donors (Lipinski definition) is 0. The van der Waals surface area contributed by atoms with Crippen LogP contribution >= 0.6 is 0 Å². The topological polar surface area (TPSA) is 119 Å². The zero-order valence-corrected chi connectivity index (χ0v) is 22.1. The van der Waals surface area contributed by atoms with Crippen LogP contribution in [0.25, 0.3) is 0 Å². The van der Waals surface area contributed by atoms with Crippen molar-refractivity contribution >= 4 is 11.9 Å². The van der Waals surface area contributed by atoms with Gasteiger partial charge in [-0.15, -0.1) is 0 Å². The van der Waals surface area contributed by atoms with Crippen LogP contribution in [0, 0.1) is 22.7 Å². The Hall–Kier alpha value is -5.60. The van der Waals surface area contributed by atoms with Gasteiger partial charge < -0.3 is 18.9 Å². The van der Waals surface area contributed by atoms with Gasteiger partial charge in [0.15, 0.2) is 0 Å². The average Bonchev–Trinajstić information content (AvgIpc) is 3.02. The van der Waals surface area contributed by atoms with Crippen molar-refractivity contribution in [1.29, 1.82) is 10.5 Å². The Kier molecular flexibility index (Phi) is 10.1. The van der Waals surface area contributed by atoms with E-state index >= 15 is 0 Å². The largest absolute Gasteiger partial charge is 0.494 e. The van der Waals surface area contributed by atoms with E-state index in [4.69, 9.17) is 29.5 Å². The minimum Gasteiger partial charge on any atom is -0.494 e. The van der Waals surface area contributed by atoms with Crippen LogP contribution in [0.4, 0.5) is 0 Å². The number of ether oxygens (including phenoxy) is 4. The lowest BCUT2D eigenvalue weighted by molar-refractivity contribution is 0.0725. The van der Waals surface area contributed by atoms with Gasteiger partial charge in [-0.3, -0.25) is 0 Å². The summed E-state index contributed by atoms with van der Waals surface area (Å²) in [7, 11) is 0. The zero-order chi connectivity index (χ0) is 28.9. The van der Waals surface area contributed by atoms with Crippen LogP contribution in [0.5, 0.6) is 23.0 Å². The molecule has 4 aromatic rings. The lowest BCUT2D eigenvalue weighted by Crippen LogP contribution is -2.08. The maximum atomic E-state index is 12.2. The number of nitrogens with zero attached hydrogens (tertiary/aromatic N) is 2. The normalized spacial score (nSPS) is 10.1. The molecule has 0 aliphatic heterocycles. The molecular formula is C33H26N2O6. The first kappa shape index (κ1) is 28.4. The monoisotopic (exact) mass is 546 g/mol. The lowest BCUT2D eigenvalue weighted by atomic mass is 10.1. The van der Waals surface area contributed by atoms with Gasteiger partial charge in [0.2, 0.25) is 0 Å². The molecule has 0 radical (unpaired) electrons. The summed E-state index contributed by atoms with van der Waals surface area (Å²) in [5.41, 5.74) is 1.69. The Bertz CT molecular complexity index is 1410. The summed E-state index contributed by atoms with van der Waals surface area (Å²) in [5, 5.41) is 17.7. The van der Waals surface area contributed by atoms with Crippen molar-refractivity contribution in [3.63, 3.8) is 0 Å². The van der Waals surface area contributed by atoms with Crippen LogP contribution in [0.1, 0.15) is 51.1 Å². The molecule has 41 heavy (non-hydrogen) atoms. The van der Waals surface area contributed by atoms with Crippen molar-refractivity contribution in [3.05, 3.63) is 119 Å². The van der Waals surface area contributed by atoms with E-state index in [1.54, 1.807) is 97.1 Å². The molecule has 0 spiro atoms. The third kappa shape index (κ3) is 8.71. The van der Waals surface area contributed by atoms with Crippen molar-refractivity contribution in [3.8, 4) is 35.1 Å². The van der Waals surface area contributed by atoms with Crippen LogP contribution in [-0.2, 0) is 0 Å². The Labute approximate surface area is 237 Å². The molecule has 204 valence electrons. The lowest BCUT2D eigenvalue weighted by Gasteiger charge is -2.09. The van der Waals surface area contributed by atoms with Gasteiger partial charge in [-0.2, -0.15) is 10.5 Å². The predicted molar refractivity (Wildman–Crippen MR) is 150 cm³/mol. The summed E-state index contributed by atoms with van der Waals surface area (Å²) >= 11 is 0. The molecule has 0 fully saturated rings. The predicted octanol–water partition coefficient (Wildman–Crippen LogP) is 6.50. The van der Waals surface area contributed by atoms with Gasteiger partial charge in [0.25, 0.3) is 0 Å². The smallest absolute Gasteiger partial charge is 0.343 e. The number of carbonyl (C=O) groups excluding carboxylic acids is 2. The van der Waals surface area contributed by atoms with Gasteiger partial charge in [-0.25, -0.2) is 9.59 Å². The molecule has 0 aromatic heterocycles. The minimum absolute atomic E-state index is 0.368. The van der Waals surface area contributed by atoms with E-state index in [-0.39, 0.29) is 0 Å². The molecule has 0 atom stereocenters. The third-order valence-corrected chi connectivity index (χ3v) is 5.89. The number of carbonyl (C=O) groups is 2. The Balaban J connectivity index is 1.09. The summed E-state index contributed by atoms with van der Waals surface area (Å²) < 4.78 is 22.2. The summed E-state index contributed by atoms with van der Waals surface area (Å²) in [5.74, 6) is 1.18. The fraction of sp³-hybridized carbons (Fsp3) is 0.152. The third-order valence-electron chi connectivity index (χ3n) is 5.89. The number of unbranched alkanes of at least 4 members (excludes halogenated alkanes) is 2. The second-order valence-electron chi connectivity index (χ2n) is 8.86. The van der Waals surface area contributed by atoms with Crippen LogP contribution in [-0.4, -0.2) is 25.2 Å². The molecule has 0 saturated heterocycles. The second kappa shape index (κ2) is 14.5. The molecule has 4 rings (SSSR count). The van der Waals surface area contributed by atoms with Crippen LogP contribution in [0.15, 0.2) is 97.1 Å². The Morgan fingerprint density at radius 2 is 0.829 bits per heavy atom. The standard InChI is InChI=1S/C33H26N2O6/c34-22-24-4-8-26(9-5-24)32(36)40-30-16-12-28(13-17-30)38-20-2-1-3-21-39-29-14-18-31(19-15-29)41-33(37)27-10-6-25(23-35)7-11-27/h4-19H,1-3,20-21H2. The molecule has 0 unspecified atom stereocenters. The van der Waals surface area contributed by atoms with E-state index < -0.39 is 11.9 Å². The van der Waals surface area contributed by atoms with Gasteiger partial charge >= 0.3 is 11.9 Å². The summed E-state index contributed by atoms with van der Waals surface area (Å²) in [6, 6.07) is 30.2. The summed E-state index contributed by atoms with van der Waals surface area (Å²) in [4.78, 5) is 24.5. The highest BCUT2D eigenvalue weighted by molar-refractivity contribution is 5.91. The fourth-order valence-corrected chi connectivity index (χ4v) is 3.66. The van der Waals surface area contributed by atoms with E-state index in [9.17, 15) is 9.59 Å². The van der Waals surface area contributed by atoms with Gasteiger partial charge in [-0.05, 0) is 116 Å². The molecule has 8 nitrogen and oxygen atoms in total. The van der Waals surface area contributed by atoms with Gasteiger partial charge in [0.05, 0.1) is 47.6 Å². The maximum Gasteiger partial charge on any atom is 0.343 e. The molecule has 0 saturated carbocycles. The van der Waals surface area contributed by atoms with Crippen LogP contribution in [0.2, 0.25) is 0 Å². The molecule has 0 bridgehead atoms. The van der Waals surface area contributed by atoms with Crippen molar-refractivity contribution in [1.82, 2.24) is 0 Å². The van der Waals surface area contributed by atoms with Crippen molar-refractivity contribution in [2.45, 2.75) is 19.3 Å². The first-order valence-corrected chi connectivity index (χ1v) is 12.9. The number of esters is 2. The van der Waals surface area contributed by atoms with Crippen molar-refractivity contribution in [2.24, 2.45) is 0 Å². The Morgan fingerprint density at radius 1 is 0.488 bits per heavy atom. The molecule has 0 aliphatic rings. The highest BCUT2D eigenvalue weighted by Gasteiger charge is 2.10. The summed E-state index contributed by atoms with van der Waals surface area (Å²) in [6.07, 6.45) is 2.62. The second-order valence-corrected chi connectivity index (χ2v) is 8.86. The molecule has 8 heteroatoms. The van der Waals surface area contributed by atoms with Crippen LogP contribution in [0.3, 0.4) is 0 Å². The number of benzene rings is 4. The van der Waals surface area contributed by atoms with E-state index in [1.807, 2.05) is 12.1 Å². The van der Waals surface area contributed by atoms with Gasteiger partial charge in [0.1, 0.15) is 23.0 Å². The van der Waals surface area contributed by atoms with E-state index in [1.165, 1.54) is 0 Å². The highest BCUT2D eigenvalue weighted by Crippen LogP contribution is 2.21. The van der Waals surface area contributed by atoms with E-state index in [2.05, 4.69) is 0 Å². The maximum absolute atomic E-state index is 12.2. The number of hydrogen-bond acceptors (Lipinski definition) is 8. The van der Waals surface area contributed by atoms with Crippen molar-refractivity contribution in [2.75, 3.05) is 13.2 Å². The summed E-state index contributed by atoms with van der Waals surface area (Å²) in [6.45, 7) is 1.09. The average molecular weight is 547 g/mol. The molecule has 0 N–H and O–H groups in total. The molecule has 4 aromatic carbocycles. The zero-order valence-electron chi connectivity index (χ0n) is 22.1. The fourth-order valence-electron chi connectivity index (χ4n) is 3.66. The molecule has 0 aliphatic carbocycles. The van der Waals surface area contributed by atoms with Crippen molar-refractivity contribution < 1.29 is 28.5 Å².